The molecule has 4 rings (SSSR count). The molecule has 4 aromatic rings. The number of hydrogen-bond donors (Lipinski definition) is 2. The summed E-state index contributed by atoms with van der Waals surface area (Å²) in [5, 5.41) is 13.6. The average molecular weight is 360 g/mol. The Hall–Kier alpha value is -3.48. The van der Waals surface area contributed by atoms with Crippen molar-refractivity contribution in [2.24, 2.45) is 5.10 Å². The van der Waals surface area contributed by atoms with Crippen molar-refractivity contribution in [1.29, 1.82) is 0 Å². The fourth-order valence-electron chi connectivity index (χ4n) is 2.77. The second kappa shape index (κ2) is 7.82. The van der Waals surface area contributed by atoms with E-state index in [2.05, 4.69) is 37.6 Å². The van der Waals surface area contributed by atoms with Gasteiger partial charge in [0.1, 0.15) is 11.3 Å². The maximum Gasteiger partial charge on any atom is 0.265 e. The molecule has 0 saturated carbocycles. The van der Waals surface area contributed by atoms with E-state index in [1.54, 1.807) is 6.21 Å². The van der Waals surface area contributed by atoms with Crippen LogP contribution in [0.15, 0.2) is 53.6 Å². The molecule has 2 aromatic carbocycles. The molecule has 2 N–H and O–H groups in total. The van der Waals surface area contributed by atoms with Crippen molar-refractivity contribution < 1.29 is 4.74 Å². The van der Waals surface area contributed by atoms with E-state index in [0.29, 0.717) is 18.2 Å². The zero-order valence-electron chi connectivity index (χ0n) is 15.0. The van der Waals surface area contributed by atoms with Gasteiger partial charge in [0.05, 0.1) is 12.8 Å². The van der Waals surface area contributed by atoms with Crippen LogP contribution in [0.2, 0.25) is 0 Å². The van der Waals surface area contributed by atoms with Crippen LogP contribution in [0.4, 0.5) is 5.95 Å². The van der Waals surface area contributed by atoms with Crippen LogP contribution in [-0.2, 0) is 0 Å². The number of anilines is 1. The number of ether oxygens (including phenoxy) is 1. The lowest BCUT2D eigenvalue weighted by Crippen LogP contribution is -2.01. The summed E-state index contributed by atoms with van der Waals surface area (Å²) < 4.78 is 5.80. The zero-order valence-corrected chi connectivity index (χ0v) is 15.0. The van der Waals surface area contributed by atoms with Gasteiger partial charge in [-0.2, -0.15) is 10.1 Å². The number of para-hydroxylation sites is 2. The molecular weight excluding hydrogens is 340 g/mol. The van der Waals surface area contributed by atoms with Crippen molar-refractivity contribution in [1.82, 2.24) is 20.2 Å². The van der Waals surface area contributed by atoms with Gasteiger partial charge in [0.15, 0.2) is 5.65 Å². The van der Waals surface area contributed by atoms with Crippen molar-refractivity contribution in [3.8, 4) is 5.75 Å². The van der Waals surface area contributed by atoms with Crippen LogP contribution < -0.4 is 10.2 Å². The molecule has 0 unspecified atom stereocenters. The van der Waals surface area contributed by atoms with E-state index < -0.39 is 0 Å². The highest BCUT2D eigenvalue weighted by atomic mass is 16.5. The summed E-state index contributed by atoms with van der Waals surface area (Å²) in [6, 6.07) is 15.7. The van der Waals surface area contributed by atoms with Crippen LogP contribution in [0.3, 0.4) is 0 Å². The Kier molecular flexibility index (Phi) is 4.91. The van der Waals surface area contributed by atoms with Crippen LogP contribution in [0.5, 0.6) is 5.75 Å². The molecule has 2 heterocycles. The Morgan fingerprint density at radius 1 is 1.11 bits per heavy atom. The quantitative estimate of drug-likeness (QED) is 0.294. The number of aromatic nitrogens is 4. The van der Waals surface area contributed by atoms with Gasteiger partial charge in [0.25, 0.3) is 5.95 Å². The smallest absolute Gasteiger partial charge is 0.265 e. The van der Waals surface area contributed by atoms with Crippen molar-refractivity contribution in [2.75, 3.05) is 12.0 Å². The standard InChI is InChI=1S/C20H20N6O/c1-2-3-12-27-17-11-7-4-8-14(17)13-21-25-20-23-19-18(24-26-20)15-9-5-6-10-16(15)22-19/h4-11,13H,2-3,12H2,1H3,(H2,22,23,25,26)/b21-13+. The molecule has 0 aliphatic carbocycles. The monoisotopic (exact) mass is 360 g/mol. The Morgan fingerprint density at radius 2 is 1.96 bits per heavy atom. The van der Waals surface area contributed by atoms with Crippen LogP contribution in [-0.4, -0.2) is 33.0 Å². The first-order valence-electron chi connectivity index (χ1n) is 8.97. The lowest BCUT2D eigenvalue weighted by molar-refractivity contribution is 0.309. The number of hydrogen-bond acceptors (Lipinski definition) is 6. The molecule has 0 bridgehead atoms. The molecule has 27 heavy (non-hydrogen) atoms. The van der Waals surface area contributed by atoms with E-state index in [0.717, 1.165) is 40.6 Å². The molecular formula is C20H20N6O. The first-order valence-corrected chi connectivity index (χ1v) is 8.97. The molecule has 0 atom stereocenters. The Balaban J connectivity index is 1.51. The van der Waals surface area contributed by atoms with Gasteiger partial charge in [0, 0.05) is 16.5 Å². The molecule has 2 aromatic heterocycles. The highest BCUT2D eigenvalue weighted by Gasteiger charge is 2.08. The number of nitrogens with zero attached hydrogens (tertiary/aromatic N) is 4. The van der Waals surface area contributed by atoms with Crippen LogP contribution in [0, 0.1) is 0 Å². The van der Waals surface area contributed by atoms with Gasteiger partial charge in [-0.1, -0.05) is 43.7 Å². The maximum atomic E-state index is 5.80. The van der Waals surface area contributed by atoms with Gasteiger partial charge >= 0.3 is 0 Å². The van der Waals surface area contributed by atoms with E-state index in [-0.39, 0.29) is 0 Å². The largest absolute Gasteiger partial charge is 0.493 e. The van der Waals surface area contributed by atoms with Crippen molar-refractivity contribution in [3.05, 3.63) is 54.1 Å². The molecule has 0 radical (unpaired) electrons. The number of rotatable bonds is 7. The number of fused-ring (bicyclic) bond motifs is 3. The van der Waals surface area contributed by atoms with E-state index >= 15 is 0 Å². The summed E-state index contributed by atoms with van der Waals surface area (Å²) >= 11 is 0. The Bertz CT molecular complexity index is 1090. The lowest BCUT2D eigenvalue weighted by atomic mass is 10.2. The van der Waals surface area contributed by atoms with E-state index in [1.807, 2.05) is 48.5 Å². The number of nitrogens with one attached hydrogen (secondary N) is 2. The summed E-state index contributed by atoms with van der Waals surface area (Å²) in [7, 11) is 0. The molecule has 0 amide bonds. The van der Waals surface area contributed by atoms with Gasteiger partial charge in [-0.25, -0.2) is 5.43 Å². The average Bonchev–Trinajstić information content (AvgIpc) is 3.07. The summed E-state index contributed by atoms with van der Waals surface area (Å²) in [6.45, 7) is 2.83. The predicted molar refractivity (Wildman–Crippen MR) is 107 cm³/mol. The van der Waals surface area contributed by atoms with Gasteiger partial charge in [-0.05, 0) is 24.6 Å². The maximum absolute atomic E-state index is 5.80. The summed E-state index contributed by atoms with van der Waals surface area (Å²) in [5.74, 6) is 1.14. The van der Waals surface area contributed by atoms with E-state index in [9.17, 15) is 0 Å². The molecule has 0 saturated heterocycles. The van der Waals surface area contributed by atoms with Crippen molar-refractivity contribution in [2.45, 2.75) is 19.8 Å². The number of unbranched alkanes of at least 4 members (excludes halogenated alkanes) is 1. The van der Waals surface area contributed by atoms with Crippen molar-refractivity contribution >= 4 is 34.2 Å². The van der Waals surface area contributed by atoms with E-state index in [4.69, 9.17) is 4.74 Å². The number of hydrazone groups is 1. The Labute approximate surface area is 156 Å². The van der Waals surface area contributed by atoms with Gasteiger partial charge in [-0.3, -0.25) is 0 Å². The zero-order chi connectivity index (χ0) is 18.5. The third-order valence-electron chi connectivity index (χ3n) is 4.16. The van der Waals surface area contributed by atoms with Crippen LogP contribution in [0.1, 0.15) is 25.3 Å². The number of aromatic amines is 1. The highest BCUT2D eigenvalue weighted by Crippen LogP contribution is 2.22. The SMILES string of the molecule is CCCCOc1ccccc1/C=N/Nc1nnc2c(n1)[nH]c1ccccc12. The van der Waals surface area contributed by atoms with E-state index in [1.165, 1.54) is 0 Å². The Morgan fingerprint density at radius 3 is 2.89 bits per heavy atom. The topological polar surface area (TPSA) is 88.1 Å². The normalized spacial score (nSPS) is 11.4. The third-order valence-corrected chi connectivity index (χ3v) is 4.16. The minimum atomic E-state index is 0.328. The molecule has 0 aliphatic heterocycles. The van der Waals surface area contributed by atoms with Gasteiger partial charge in [-0.15, -0.1) is 10.2 Å². The van der Waals surface area contributed by atoms with Crippen LogP contribution >= 0.6 is 0 Å². The van der Waals surface area contributed by atoms with Crippen molar-refractivity contribution in [3.63, 3.8) is 0 Å². The number of H-pyrrole nitrogens is 1. The molecule has 0 fully saturated rings. The summed E-state index contributed by atoms with van der Waals surface area (Å²) in [5.41, 5.74) is 6.12. The minimum Gasteiger partial charge on any atom is -0.493 e. The molecule has 0 aliphatic rings. The van der Waals surface area contributed by atoms with Gasteiger partial charge in [0.2, 0.25) is 0 Å². The first-order chi connectivity index (χ1) is 13.3. The third kappa shape index (κ3) is 3.72. The molecule has 0 spiro atoms. The number of benzene rings is 2. The fourth-order valence-corrected chi connectivity index (χ4v) is 2.77. The summed E-state index contributed by atoms with van der Waals surface area (Å²) in [4.78, 5) is 7.68. The second-order valence-electron chi connectivity index (χ2n) is 6.11. The molecule has 7 heteroatoms. The highest BCUT2D eigenvalue weighted by molar-refractivity contribution is 6.03. The van der Waals surface area contributed by atoms with Gasteiger partial charge < -0.3 is 9.72 Å². The predicted octanol–water partition coefficient (Wildman–Crippen LogP) is 4.13. The molecule has 7 nitrogen and oxygen atoms in total. The molecule has 136 valence electrons. The lowest BCUT2D eigenvalue weighted by Gasteiger charge is -2.07. The first kappa shape index (κ1) is 17.0. The summed E-state index contributed by atoms with van der Waals surface area (Å²) in [6.07, 6.45) is 3.81. The second-order valence-corrected chi connectivity index (χ2v) is 6.11. The fraction of sp³-hybridized carbons (Fsp3) is 0.200. The van der Waals surface area contributed by atoms with Crippen LogP contribution in [0.25, 0.3) is 22.1 Å². The minimum absolute atomic E-state index is 0.328.